The summed E-state index contributed by atoms with van der Waals surface area (Å²) in [7, 11) is 0. The summed E-state index contributed by atoms with van der Waals surface area (Å²) in [6.07, 6.45) is 4.94. The standard InChI is InChI=1S/C17H26FN3O2/c18-14-4-6-15(7-5-14)19-17(23)20-16-8-11-21(12-9-16)10-2-1-3-13-22/h4-7,16,22H,1-3,8-13H2,(H2,19,20,23). The number of amides is 2. The van der Waals surface area contributed by atoms with Gasteiger partial charge in [0.05, 0.1) is 0 Å². The fourth-order valence-electron chi connectivity index (χ4n) is 2.81. The lowest BCUT2D eigenvalue weighted by molar-refractivity contribution is 0.191. The van der Waals surface area contributed by atoms with Crippen molar-refractivity contribution in [2.75, 3.05) is 31.6 Å². The third-order valence-electron chi connectivity index (χ3n) is 4.16. The highest BCUT2D eigenvalue weighted by molar-refractivity contribution is 5.89. The lowest BCUT2D eigenvalue weighted by Crippen LogP contribution is -2.46. The molecule has 5 nitrogen and oxygen atoms in total. The molecule has 1 aliphatic heterocycles. The third-order valence-corrected chi connectivity index (χ3v) is 4.16. The number of hydrogen-bond donors (Lipinski definition) is 3. The second-order valence-electron chi connectivity index (χ2n) is 6.01. The van der Waals surface area contributed by atoms with Crippen molar-refractivity contribution in [3.05, 3.63) is 30.1 Å². The van der Waals surface area contributed by atoms with Crippen LogP contribution in [0.4, 0.5) is 14.9 Å². The van der Waals surface area contributed by atoms with Crippen LogP contribution in [0.25, 0.3) is 0 Å². The summed E-state index contributed by atoms with van der Waals surface area (Å²) in [5, 5.41) is 14.5. The second kappa shape index (κ2) is 9.47. The normalized spacial score (nSPS) is 16.3. The highest BCUT2D eigenvalue weighted by Gasteiger charge is 2.20. The minimum Gasteiger partial charge on any atom is -0.396 e. The largest absolute Gasteiger partial charge is 0.396 e. The number of urea groups is 1. The highest BCUT2D eigenvalue weighted by atomic mass is 19.1. The molecule has 0 spiro atoms. The van der Waals surface area contributed by atoms with Crippen LogP contribution in [0.2, 0.25) is 0 Å². The van der Waals surface area contributed by atoms with Crippen LogP contribution in [0, 0.1) is 5.82 Å². The summed E-state index contributed by atoms with van der Waals surface area (Å²) in [5.74, 6) is -0.317. The van der Waals surface area contributed by atoms with Gasteiger partial charge in [-0.05, 0) is 62.9 Å². The molecule has 6 heteroatoms. The van der Waals surface area contributed by atoms with Gasteiger partial charge in [-0.15, -0.1) is 0 Å². The third kappa shape index (κ3) is 6.54. The zero-order valence-corrected chi connectivity index (χ0v) is 13.4. The Balaban J connectivity index is 1.63. The molecule has 128 valence electrons. The number of anilines is 1. The van der Waals surface area contributed by atoms with Crippen LogP contribution < -0.4 is 10.6 Å². The Morgan fingerprint density at radius 2 is 1.87 bits per heavy atom. The van der Waals surface area contributed by atoms with Crippen molar-refractivity contribution in [2.45, 2.75) is 38.1 Å². The number of carbonyl (C=O) groups excluding carboxylic acids is 1. The number of carbonyl (C=O) groups is 1. The number of hydrogen-bond acceptors (Lipinski definition) is 3. The molecule has 2 amide bonds. The van der Waals surface area contributed by atoms with Gasteiger partial charge in [0.1, 0.15) is 5.82 Å². The van der Waals surface area contributed by atoms with Crippen LogP contribution in [-0.4, -0.2) is 48.3 Å². The number of benzene rings is 1. The Bertz CT molecular complexity index is 473. The Morgan fingerprint density at radius 3 is 2.52 bits per heavy atom. The molecule has 1 aromatic rings. The Hall–Kier alpha value is -1.66. The van der Waals surface area contributed by atoms with E-state index in [4.69, 9.17) is 5.11 Å². The summed E-state index contributed by atoms with van der Waals surface area (Å²) in [6, 6.07) is 5.69. The molecular weight excluding hydrogens is 297 g/mol. The SMILES string of the molecule is O=C(Nc1ccc(F)cc1)NC1CCN(CCCCCO)CC1. The van der Waals surface area contributed by atoms with E-state index in [1.165, 1.54) is 12.1 Å². The van der Waals surface area contributed by atoms with Crippen LogP contribution in [0.1, 0.15) is 32.1 Å². The van der Waals surface area contributed by atoms with Crippen LogP contribution in [0.5, 0.6) is 0 Å². The van der Waals surface area contributed by atoms with E-state index < -0.39 is 0 Å². The maximum Gasteiger partial charge on any atom is 0.319 e. The van der Waals surface area contributed by atoms with E-state index in [2.05, 4.69) is 15.5 Å². The molecule has 0 saturated carbocycles. The van der Waals surface area contributed by atoms with Crippen molar-refractivity contribution in [1.29, 1.82) is 0 Å². The summed E-state index contributed by atoms with van der Waals surface area (Å²) < 4.78 is 12.8. The first-order chi connectivity index (χ1) is 11.2. The van der Waals surface area contributed by atoms with E-state index in [1.807, 2.05) is 0 Å². The monoisotopic (exact) mass is 323 g/mol. The molecule has 0 aromatic heterocycles. The Labute approximate surface area is 136 Å². The molecule has 23 heavy (non-hydrogen) atoms. The minimum atomic E-state index is -0.317. The smallest absolute Gasteiger partial charge is 0.319 e. The predicted molar refractivity (Wildman–Crippen MR) is 89.0 cm³/mol. The van der Waals surface area contributed by atoms with Crippen LogP contribution in [0.15, 0.2) is 24.3 Å². The minimum absolute atomic E-state index is 0.184. The molecule has 3 N–H and O–H groups in total. The lowest BCUT2D eigenvalue weighted by Gasteiger charge is -2.32. The topological polar surface area (TPSA) is 64.6 Å². The average Bonchev–Trinajstić information content (AvgIpc) is 2.55. The number of piperidine rings is 1. The van der Waals surface area contributed by atoms with Crippen molar-refractivity contribution in [3.63, 3.8) is 0 Å². The number of nitrogens with zero attached hydrogens (tertiary/aromatic N) is 1. The summed E-state index contributed by atoms with van der Waals surface area (Å²) in [6.45, 7) is 3.31. The fraction of sp³-hybridized carbons (Fsp3) is 0.588. The van der Waals surface area contributed by atoms with Gasteiger partial charge in [0.2, 0.25) is 0 Å². The second-order valence-corrected chi connectivity index (χ2v) is 6.01. The summed E-state index contributed by atoms with van der Waals surface area (Å²) >= 11 is 0. The van der Waals surface area contributed by atoms with E-state index in [0.717, 1.165) is 51.7 Å². The number of nitrogens with one attached hydrogen (secondary N) is 2. The van der Waals surface area contributed by atoms with Crippen LogP contribution >= 0.6 is 0 Å². The maximum absolute atomic E-state index is 12.8. The number of rotatable bonds is 7. The van der Waals surface area contributed by atoms with Gasteiger partial charge in [-0.1, -0.05) is 0 Å². The first kappa shape index (κ1) is 17.7. The van der Waals surface area contributed by atoms with Gasteiger partial charge in [-0.25, -0.2) is 9.18 Å². The average molecular weight is 323 g/mol. The van der Waals surface area contributed by atoms with Gasteiger partial charge in [0.15, 0.2) is 0 Å². The van der Waals surface area contributed by atoms with E-state index in [0.29, 0.717) is 5.69 Å². The van der Waals surface area contributed by atoms with Crippen molar-refractivity contribution >= 4 is 11.7 Å². The van der Waals surface area contributed by atoms with Crippen LogP contribution in [-0.2, 0) is 0 Å². The number of aliphatic hydroxyl groups excluding tert-OH is 1. The van der Waals surface area contributed by atoms with Gasteiger partial charge in [-0.2, -0.15) is 0 Å². The highest BCUT2D eigenvalue weighted by Crippen LogP contribution is 2.12. The van der Waals surface area contributed by atoms with Crippen molar-refractivity contribution < 1.29 is 14.3 Å². The molecule has 0 radical (unpaired) electrons. The predicted octanol–water partition coefficient (Wildman–Crippen LogP) is 2.57. The molecular formula is C17H26FN3O2. The van der Waals surface area contributed by atoms with E-state index in [-0.39, 0.29) is 24.5 Å². The summed E-state index contributed by atoms with van der Waals surface area (Å²) in [4.78, 5) is 14.3. The van der Waals surface area contributed by atoms with Gasteiger partial charge >= 0.3 is 6.03 Å². The number of halogens is 1. The quantitative estimate of drug-likeness (QED) is 0.676. The van der Waals surface area contributed by atoms with Crippen molar-refractivity contribution in [2.24, 2.45) is 0 Å². The Kier molecular flexibility index (Phi) is 7.29. The first-order valence-corrected chi connectivity index (χ1v) is 8.33. The maximum atomic E-state index is 12.8. The first-order valence-electron chi connectivity index (χ1n) is 8.33. The van der Waals surface area contributed by atoms with Gasteiger partial charge in [0, 0.05) is 31.4 Å². The fourth-order valence-corrected chi connectivity index (χ4v) is 2.81. The lowest BCUT2D eigenvalue weighted by atomic mass is 10.0. The Morgan fingerprint density at radius 1 is 1.17 bits per heavy atom. The van der Waals surface area contributed by atoms with Gasteiger partial charge < -0.3 is 20.6 Å². The number of likely N-dealkylation sites (tertiary alicyclic amines) is 1. The zero-order valence-electron chi connectivity index (χ0n) is 13.4. The van der Waals surface area contributed by atoms with Gasteiger partial charge in [-0.3, -0.25) is 0 Å². The zero-order chi connectivity index (χ0) is 16.5. The van der Waals surface area contributed by atoms with Crippen molar-refractivity contribution in [3.8, 4) is 0 Å². The van der Waals surface area contributed by atoms with E-state index >= 15 is 0 Å². The molecule has 1 fully saturated rings. The number of unbranched alkanes of at least 4 members (excludes halogenated alkanes) is 2. The molecule has 0 bridgehead atoms. The van der Waals surface area contributed by atoms with E-state index in [1.54, 1.807) is 12.1 Å². The van der Waals surface area contributed by atoms with E-state index in [9.17, 15) is 9.18 Å². The molecule has 1 aliphatic rings. The van der Waals surface area contributed by atoms with Crippen LogP contribution in [0.3, 0.4) is 0 Å². The molecule has 0 atom stereocenters. The molecule has 0 unspecified atom stereocenters. The molecule has 1 aromatic carbocycles. The molecule has 0 aliphatic carbocycles. The van der Waals surface area contributed by atoms with Gasteiger partial charge in [0.25, 0.3) is 0 Å². The molecule has 2 rings (SSSR count). The number of aliphatic hydroxyl groups is 1. The van der Waals surface area contributed by atoms with Crippen molar-refractivity contribution in [1.82, 2.24) is 10.2 Å². The summed E-state index contributed by atoms with van der Waals surface area (Å²) in [5.41, 5.74) is 0.588. The molecule has 1 saturated heterocycles. The molecule has 1 heterocycles.